The number of benzene rings is 1. The monoisotopic (exact) mass is 253 g/mol. The van der Waals surface area contributed by atoms with Gasteiger partial charge in [0, 0.05) is 11.6 Å². The summed E-state index contributed by atoms with van der Waals surface area (Å²) in [6.07, 6.45) is 2.07. The standard InChI is InChI=1S/C13H19NO2S/c1-4-10(5-2)14-13(17)9-6-7-11(15)12(8-9)16-3/h6-8,10,15H,4-5H2,1-3H3,(H,14,17). The number of ether oxygens (including phenoxy) is 1. The van der Waals surface area contributed by atoms with Crippen LogP contribution in [0.2, 0.25) is 0 Å². The number of thiocarbonyl (C=S) groups is 1. The lowest BCUT2D eigenvalue weighted by Crippen LogP contribution is -2.33. The van der Waals surface area contributed by atoms with Gasteiger partial charge in [0.2, 0.25) is 0 Å². The summed E-state index contributed by atoms with van der Waals surface area (Å²) in [5.74, 6) is 0.567. The van der Waals surface area contributed by atoms with E-state index in [1.54, 1.807) is 18.2 Å². The van der Waals surface area contributed by atoms with Gasteiger partial charge in [-0.1, -0.05) is 26.1 Å². The van der Waals surface area contributed by atoms with Gasteiger partial charge in [-0.3, -0.25) is 0 Å². The molecule has 0 aliphatic rings. The van der Waals surface area contributed by atoms with Crippen LogP contribution in [0.4, 0.5) is 0 Å². The van der Waals surface area contributed by atoms with Crippen LogP contribution in [0.15, 0.2) is 18.2 Å². The van der Waals surface area contributed by atoms with Crippen molar-refractivity contribution in [2.75, 3.05) is 7.11 Å². The van der Waals surface area contributed by atoms with Crippen LogP contribution in [0.1, 0.15) is 32.3 Å². The van der Waals surface area contributed by atoms with E-state index in [1.807, 2.05) is 0 Å². The molecule has 0 radical (unpaired) electrons. The summed E-state index contributed by atoms with van der Waals surface area (Å²) in [5.41, 5.74) is 0.863. The van der Waals surface area contributed by atoms with Crippen LogP contribution < -0.4 is 10.1 Å². The third kappa shape index (κ3) is 3.60. The van der Waals surface area contributed by atoms with Crippen molar-refractivity contribution >= 4 is 17.2 Å². The molecular formula is C13H19NO2S. The summed E-state index contributed by atoms with van der Waals surface area (Å²) in [6, 6.07) is 5.51. The second-order valence-electron chi connectivity index (χ2n) is 3.87. The van der Waals surface area contributed by atoms with Crippen molar-refractivity contribution in [2.24, 2.45) is 0 Å². The molecule has 94 valence electrons. The second-order valence-corrected chi connectivity index (χ2v) is 4.28. The molecule has 0 saturated heterocycles. The number of phenolic OH excluding ortho intramolecular Hbond substituents is 1. The molecule has 0 saturated carbocycles. The van der Waals surface area contributed by atoms with E-state index in [0.29, 0.717) is 16.8 Å². The molecule has 1 aromatic carbocycles. The van der Waals surface area contributed by atoms with E-state index in [4.69, 9.17) is 17.0 Å². The van der Waals surface area contributed by atoms with E-state index in [1.165, 1.54) is 7.11 Å². The van der Waals surface area contributed by atoms with E-state index in [0.717, 1.165) is 18.4 Å². The van der Waals surface area contributed by atoms with Crippen molar-refractivity contribution in [2.45, 2.75) is 32.7 Å². The quantitative estimate of drug-likeness (QED) is 0.792. The fourth-order valence-electron chi connectivity index (χ4n) is 1.58. The highest BCUT2D eigenvalue weighted by molar-refractivity contribution is 7.80. The van der Waals surface area contributed by atoms with Gasteiger partial charge >= 0.3 is 0 Å². The van der Waals surface area contributed by atoms with Crippen molar-refractivity contribution in [3.05, 3.63) is 23.8 Å². The van der Waals surface area contributed by atoms with E-state index in [2.05, 4.69) is 19.2 Å². The smallest absolute Gasteiger partial charge is 0.161 e. The molecule has 2 N–H and O–H groups in total. The molecule has 4 heteroatoms. The molecule has 0 atom stereocenters. The van der Waals surface area contributed by atoms with Gasteiger partial charge in [0.05, 0.1) is 7.11 Å². The summed E-state index contributed by atoms with van der Waals surface area (Å²) in [5, 5.41) is 12.8. The van der Waals surface area contributed by atoms with E-state index in [-0.39, 0.29) is 5.75 Å². The van der Waals surface area contributed by atoms with Gasteiger partial charge in [0.15, 0.2) is 11.5 Å². The van der Waals surface area contributed by atoms with Crippen LogP contribution in [0.5, 0.6) is 11.5 Å². The summed E-state index contributed by atoms with van der Waals surface area (Å²) in [7, 11) is 1.52. The zero-order chi connectivity index (χ0) is 12.8. The average molecular weight is 253 g/mol. The molecule has 0 aliphatic heterocycles. The minimum atomic E-state index is 0.126. The molecule has 0 aliphatic carbocycles. The molecule has 0 fully saturated rings. The SMILES string of the molecule is CCC(CC)NC(=S)c1ccc(O)c(OC)c1. The zero-order valence-corrected chi connectivity index (χ0v) is 11.3. The predicted octanol–water partition coefficient (Wildman–Crippen LogP) is 2.85. The number of rotatable bonds is 5. The molecule has 0 heterocycles. The topological polar surface area (TPSA) is 41.5 Å². The van der Waals surface area contributed by atoms with Gasteiger partial charge in [-0.25, -0.2) is 0 Å². The first-order chi connectivity index (χ1) is 8.12. The van der Waals surface area contributed by atoms with Crippen molar-refractivity contribution in [3.63, 3.8) is 0 Å². The Morgan fingerprint density at radius 3 is 2.59 bits per heavy atom. The van der Waals surface area contributed by atoms with Crippen LogP contribution >= 0.6 is 12.2 Å². The van der Waals surface area contributed by atoms with Gasteiger partial charge in [0.1, 0.15) is 4.99 Å². The lowest BCUT2D eigenvalue weighted by atomic mass is 10.1. The Morgan fingerprint density at radius 1 is 1.41 bits per heavy atom. The lowest BCUT2D eigenvalue weighted by Gasteiger charge is -2.17. The minimum Gasteiger partial charge on any atom is -0.504 e. The highest BCUT2D eigenvalue weighted by Crippen LogP contribution is 2.26. The number of phenols is 1. The third-order valence-corrected chi connectivity index (χ3v) is 3.12. The van der Waals surface area contributed by atoms with Crippen molar-refractivity contribution < 1.29 is 9.84 Å². The van der Waals surface area contributed by atoms with E-state index in [9.17, 15) is 5.11 Å². The lowest BCUT2D eigenvalue weighted by molar-refractivity contribution is 0.373. The summed E-state index contributed by atoms with van der Waals surface area (Å²) in [4.78, 5) is 0.692. The molecular weight excluding hydrogens is 234 g/mol. The average Bonchev–Trinajstić information content (AvgIpc) is 2.36. The molecule has 1 aromatic rings. The highest BCUT2D eigenvalue weighted by atomic mass is 32.1. The Bertz CT molecular complexity index is 389. The fourth-order valence-corrected chi connectivity index (χ4v) is 1.87. The van der Waals surface area contributed by atoms with E-state index >= 15 is 0 Å². The number of nitrogens with one attached hydrogen (secondary N) is 1. The zero-order valence-electron chi connectivity index (χ0n) is 10.5. The summed E-state index contributed by atoms with van der Waals surface area (Å²) in [6.45, 7) is 4.25. The Labute approximate surface area is 108 Å². The summed E-state index contributed by atoms with van der Waals surface area (Å²) < 4.78 is 5.06. The molecule has 0 aromatic heterocycles. The van der Waals surface area contributed by atoms with Crippen molar-refractivity contribution in [1.29, 1.82) is 0 Å². The molecule has 0 spiro atoms. The van der Waals surface area contributed by atoms with Crippen LogP contribution in [0.25, 0.3) is 0 Å². The molecule has 0 bridgehead atoms. The van der Waals surface area contributed by atoms with Gasteiger partial charge in [-0.05, 0) is 31.0 Å². The van der Waals surface area contributed by atoms with Crippen LogP contribution in [-0.2, 0) is 0 Å². The number of hydrogen-bond acceptors (Lipinski definition) is 3. The third-order valence-electron chi connectivity index (χ3n) is 2.76. The van der Waals surface area contributed by atoms with E-state index < -0.39 is 0 Å². The Balaban J connectivity index is 2.82. The van der Waals surface area contributed by atoms with Crippen LogP contribution in [-0.4, -0.2) is 23.2 Å². The fraction of sp³-hybridized carbons (Fsp3) is 0.462. The number of hydrogen-bond donors (Lipinski definition) is 2. The van der Waals surface area contributed by atoms with Gasteiger partial charge in [0.25, 0.3) is 0 Å². The van der Waals surface area contributed by atoms with Gasteiger partial charge < -0.3 is 15.2 Å². The van der Waals surface area contributed by atoms with Crippen molar-refractivity contribution in [1.82, 2.24) is 5.32 Å². The van der Waals surface area contributed by atoms with Crippen LogP contribution in [0.3, 0.4) is 0 Å². The largest absolute Gasteiger partial charge is 0.504 e. The number of aromatic hydroxyl groups is 1. The molecule has 3 nitrogen and oxygen atoms in total. The normalized spacial score (nSPS) is 10.4. The van der Waals surface area contributed by atoms with Crippen molar-refractivity contribution in [3.8, 4) is 11.5 Å². The predicted molar refractivity (Wildman–Crippen MR) is 73.9 cm³/mol. The maximum atomic E-state index is 9.50. The van der Waals surface area contributed by atoms with Crippen LogP contribution in [0, 0.1) is 0 Å². The highest BCUT2D eigenvalue weighted by Gasteiger charge is 2.09. The number of methoxy groups -OCH3 is 1. The molecule has 0 unspecified atom stereocenters. The second kappa shape index (κ2) is 6.45. The Morgan fingerprint density at radius 2 is 2.06 bits per heavy atom. The minimum absolute atomic E-state index is 0.126. The first kappa shape index (κ1) is 13.8. The first-order valence-corrected chi connectivity index (χ1v) is 6.21. The molecule has 17 heavy (non-hydrogen) atoms. The summed E-state index contributed by atoms with van der Waals surface area (Å²) >= 11 is 5.33. The van der Waals surface area contributed by atoms with Gasteiger partial charge in [-0.15, -0.1) is 0 Å². The van der Waals surface area contributed by atoms with Gasteiger partial charge in [-0.2, -0.15) is 0 Å². The maximum absolute atomic E-state index is 9.50. The Kier molecular flexibility index (Phi) is 5.22. The maximum Gasteiger partial charge on any atom is 0.161 e. The molecule has 1 rings (SSSR count). The Hall–Kier alpha value is -1.29. The molecule has 0 amide bonds. The first-order valence-electron chi connectivity index (χ1n) is 5.80.